The second kappa shape index (κ2) is 9.61. The SMILES string of the molecule is CN(C)C1CCC(Oc2ccc(-n3nnnc3-c3cc(-c4cnn(C)c4)cnc3N)c(F)c2F)CC1. The third kappa shape index (κ3) is 4.51. The molecule has 36 heavy (non-hydrogen) atoms. The molecule has 0 saturated heterocycles. The Hall–Kier alpha value is -3.93. The number of hydrogen-bond donors (Lipinski definition) is 1. The quantitative estimate of drug-likeness (QED) is 0.434. The van der Waals surface area contributed by atoms with Crippen molar-refractivity contribution in [3.05, 3.63) is 48.4 Å². The van der Waals surface area contributed by atoms with E-state index in [0.29, 0.717) is 11.6 Å². The Kier molecular flexibility index (Phi) is 6.35. The number of nitrogens with two attached hydrogens (primary N) is 1. The van der Waals surface area contributed by atoms with Crippen molar-refractivity contribution in [3.8, 4) is 34.0 Å². The first-order valence-corrected chi connectivity index (χ1v) is 11.7. The zero-order valence-corrected chi connectivity index (χ0v) is 20.3. The number of rotatable bonds is 6. The fraction of sp³-hybridized carbons (Fsp3) is 0.375. The number of halogens is 2. The zero-order valence-electron chi connectivity index (χ0n) is 20.3. The van der Waals surface area contributed by atoms with E-state index in [0.717, 1.165) is 41.5 Å². The molecule has 12 heteroatoms. The van der Waals surface area contributed by atoms with Crippen LogP contribution in [0.3, 0.4) is 0 Å². The molecule has 5 rings (SSSR count). The summed E-state index contributed by atoms with van der Waals surface area (Å²) in [7, 11) is 5.90. The molecule has 0 bridgehead atoms. The fourth-order valence-electron chi connectivity index (χ4n) is 4.54. The average Bonchev–Trinajstić information content (AvgIpc) is 3.52. The Balaban J connectivity index is 1.43. The molecule has 0 aliphatic heterocycles. The lowest BCUT2D eigenvalue weighted by molar-refractivity contribution is 0.107. The first-order valence-electron chi connectivity index (χ1n) is 11.7. The largest absolute Gasteiger partial charge is 0.487 e. The minimum Gasteiger partial charge on any atom is -0.487 e. The van der Waals surface area contributed by atoms with Crippen LogP contribution in [-0.4, -0.2) is 66.1 Å². The molecule has 0 radical (unpaired) electrons. The molecule has 2 N–H and O–H groups in total. The summed E-state index contributed by atoms with van der Waals surface area (Å²) in [6, 6.07) is 5.02. The van der Waals surface area contributed by atoms with E-state index in [4.69, 9.17) is 10.5 Å². The number of tetrazole rings is 1. The minimum atomic E-state index is -1.11. The van der Waals surface area contributed by atoms with Gasteiger partial charge in [-0.15, -0.1) is 5.10 Å². The summed E-state index contributed by atoms with van der Waals surface area (Å²) in [5.74, 6) is -2.05. The van der Waals surface area contributed by atoms with Crippen molar-refractivity contribution < 1.29 is 13.5 Å². The van der Waals surface area contributed by atoms with Crippen LogP contribution in [0.5, 0.6) is 5.75 Å². The van der Waals surface area contributed by atoms with Crippen LogP contribution in [0.25, 0.3) is 28.2 Å². The van der Waals surface area contributed by atoms with Crippen LogP contribution in [0.1, 0.15) is 25.7 Å². The molecule has 3 heterocycles. The highest BCUT2D eigenvalue weighted by Gasteiger charge is 2.26. The smallest absolute Gasteiger partial charge is 0.202 e. The Morgan fingerprint density at radius 1 is 1.06 bits per heavy atom. The van der Waals surface area contributed by atoms with Crippen LogP contribution in [0.4, 0.5) is 14.6 Å². The number of nitrogen functional groups attached to an aromatic ring is 1. The Labute approximate surface area is 206 Å². The molecule has 0 amide bonds. The number of nitrogens with zero attached hydrogens (tertiary/aromatic N) is 8. The van der Waals surface area contributed by atoms with Crippen molar-refractivity contribution >= 4 is 5.82 Å². The predicted octanol–water partition coefficient (Wildman–Crippen LogP) is 3.24. The summed E-state index contributed by atoms with van der Waals surface area (Å²) < 4.78 is 38.9. The van der Waals surface area contributed by atoms with Crippen LogP contribution in [0.2, 0.25) is 0 Å². The molecule has 10 nitrogen and oxygen atoms in total. The number of aryl methyl sites for hydroxylation is 1. The van der Waals surface area contributed by atoms with Gasteiger partial charge in [-0.1, -0.05) is 0 Å². The first kappa shape index (κ1) is 23.8. The molecule has 1 saturated carbocycles. The molecule has 0 spiro atoms. The summed E-state index contributed by atoms with van der Waals surface area (Å²) in [6.07, 6.45) is 8.39. The van der Waals surface area contributed by atoms with Crippen molar-refractivity contribution in [2.45, 2.75) is 37.8 Å². The van der Waals surface area contributed by atoms with Gasteiger partial charge in [0.15, 0.2) is 17.4 Å². The third-order valence-electron chi connectivity index (χ3n) is 6.59. The molecule has 3 aromatic heterocycles. The maximum atomic E-state index is 15.3. The third-order valence-corrected chi connectivity index (χ3v) is 6.59. The van der Waals surface area contributed by atoms with Gasteiger partial charge < -0.3 is 15.4 Å². The monoisotopic (exact) mass is 495 g/mol. The van der Waals surface area contributed by atoms with Gasteiger partial charge in [0.1, 0.15) is 11.5 Å². The van der Waals surface area contributed by atoms with Gasteiger partial charge in [0.2, 0.25) is 5.82 Å². The van der Waals surface area contributed by atoms with Crippen molar-refractivity contribution in [2.24, 2.45) is 7.05 Å². The number of hydrogen-bond acceptors (Lipinski definition) is 8. The molecule has 1 aliphatic carbocycles. The van der Waals surface area contributed by atoms with Gasteiger partial charge in [-0.2, -0.15) is 14.2 Å². The first-order chi connectivity index (χ1) is 17.3. The van der Waals surface area contributed by atoms with Crippen LogP contribution in [-0.2, 0) is 7.05 Å². The van der Waals surface area contributed by atoms with Gasteiger partial charge in [-0.05, 0) is 68.4 Å². The van der Waals surface area contributed by atoms with Crippen LogP contribution in [0, 0.1) is 11.6 Å². The van der Waals surface area contributed by atoms with Crippen molar-refractivity contribution in [2.75, 3.05) is 19.8 Å². The van der Waals surface area contributed by atoms with Gasteiger partial charge in [0.25, 0.3) is 0 Å². The van der Waals surface area contributed by atoms with E-state index in [1.54, 1.807) is 30.2 Å². The number of benzene rings is 1. The van der Waals surface area contributed by atoms with Crippen molar-refractivity contribution in [3.63, 3.8) is 0 Å². The Bertz CT molecular complexity index is 1380. The van der Waals surface area contributed by atoms with Crippen LogP contribution >= 0.6 is 0 Å². The second-order valence-electron chi connectivity index (χ2n) is 9.20. The van der Waals surface area contributed by atoms with E-state index in [1.165, 1.54) is 12.1 Å². The summed E-state index contributed by atoms with van der Waals surface area (Å²) in [6.45, 7) is 0. The molecule has 1 aromatic carbocycles. The topological polar surface area (TPSA) is 113 Å². The van der Waals surface area contributed by atoms with E-state index in [1.807, 2.05) is 20.3 Å². The standard InChI is InChI=1S/C24H27F2N9O/c1-33(2)16-4-6-17(7-5-16)36-20-9-8-19(21(25)22(20)26)35-24(30-31-32-35)18-10-14(11-28-23(18)27)15-12-29-34(3)13-15/h8-13,16-17H,4-7H2,1-3H3,(H2,27,28). The van der Waals surface area contributed by atoms with Gasteiger partial charge in [-0.3, -0.25) is 4.68 Å². The Morgan fingerprint density at radius 2 is 1.83 bits per heavy atom. The van der Waals surface area contributed by atoms with Crippen LogP contribution in [0.15, 0.2) is 36.8 Å². The highest BCUT2D eigenvalue weighted by Crippen LogP contribution is 2.33. The summed E-state index contributed by atoms with van der Waals surface area (Å²) in [4.78, 5) is 6.42. The highest BCUT2D eigenvalue weighted by molar-refractivity contribution is 5.76. The number of pyridine rings is 1. The fourth-order valence-corrected chi connectivity index (χ4v) is 4.54. The maximum Gasteiger partial charge on any atom is 0.202 e. The normalized spacial score (nSPS) is 18.1. The van der Waals surface area contributed by atoms with Crippen molar-refractivity contribution in [1.82, 2.24) is 39.9 Å². The average molecular weight is 496 g/mol. The molecule has 188 valence electrons. The number of aromatic nitrogens is 7. The van der Waals surface area contributed by atoms with E-state index < -0.39 is 11.6 Å². The summed E-state index contributed by atoms with van der Waals surface area (Å²) >= 11 is 0. The summed E-state index contributed by atoms with van der Waals surface area (Å²) in [5.41, 5.74) is 7.85. The molecule has 1 aliphatic rings. The molecular formula is C24H27F2N9O. The minimum absolute atomic E-state index is 0.125. The molecule has 1 fully saturated rings. The molecule has 0 atom stereocenters. The van der Waals surface area contributed by atoms with E-state index in [2.05, 4.69) is 30.5 Å². The zero-order chi connectivity index (χ0) is 25.4. The molecule has 0 unspecified atom stereocenters. The molecular weight excluding hydrogens is 468 g/mol. The van der Waals surface area contributed by atoms with Gasteiger partial charge in [-0.25, -0.2) is 9.37 Å². The van der Waals surface area contributed by atoms with E-state index in [-0.39, 0.29) is 29.2 Å². The van der Waals surface area contributed by atoms with E-state index in [9.17, 15) is 0 Å². The summed E-state index contributed by atoms with van der Waals surface area (Å²) in [5, 5.41) is 15.7. The highest BCUT2D eigenvalue weighted by atomic mass is 19.2. The number of ether oxygens (including phenoxy) is 1. The van der Waals surface area contributed by atoms with Gasteiger partial charge >= 0.3 is 0 Å². The number of anilines is 1. The lowest BCUT2D eigenvalue weighted by Gasteiger charge is -2.32. The van der Waals surface area contributed by atoms with Gasteiger partial charge in [0, 0.05) is 36.6 Å². The van der Waals surface area contributed by atoms with Crippen LogP contribution < -0.4 is 10.5 Å². The predicted molar refractivity (Wildman–Crippen MR) is 129 cm³/mol. The Morgan fingerprint density at radius 3 is 2.53 bits per heavy atom. The van der Waals surface area contributed by atoms with E-state index >= 15 is 8.78 Å². The van der Waals surface area contributed by atoms with Crippen molar-refractivity contribution in [1.29, 1.82) is 0 Å². The lowest BCUT2D eigenvalue weighted by atomic mass is 9.92. The maximum absolute atomic E-state index is 15.3. The lowest BCUT2D eigenvalue weighted by Crippen LogP contribution is -2.35. The molecule has 4 aromatic rings. The van der Waals surface area contributed by atoms with Gasteiger partial charge in [0.05, 0.1) is 17.9 Å². The second-order valence-corrected chi connectivity index (χ2v) is 9.20.